The van der Waals surface area contributed by atoms with Gasteiger partial charge in [0.15, 0.2) is 16.9 Å². The highest BCUT2D eigenvalue weighted by atomic mass is 32.1. The molecule has 0 amide bonds. The number of H-pyrrole nitrogens is 1. The fraction of sp³-hybridized carbons (Fsp3) is 0.0870. The van der Waals surface area contributed by atoms with Crippen LogP contribution in [0.4, 0.5) is 5.13 Å². The molecule has 7 heteroatoms. The number of anilines is 1. The van der Waals surface area contributed by atoms with E-state index in [0.29, 0.717) is 22.8 Å². The van der Waals surface area contributed by atoms with Crippen LogP contribution in [0.1, 0.15) is 32.5 Å². The number of hydrogen-bond acceptors (Lipinski definition) is 6. The first-order valence-corrected chi connectivity index (χ1v) is 10.2. The molecule has 0 unspecified atom stereocenters. The number of ketones is 1. The Morgan fingerprint density at radius 1 is 1.17 bits per heavy atom. The highest BCUT2D eigenvalue weighted by molar-refractivity contribution is 7.13. The van der Waals surface area contributed by atoms with Crippen LogP contribution in [0.5, 0.6) is 0 Å². The minimum atomic E-state index is -1.08. The smallest absolute Gasteiger partial charge is 0.358 e. The average molecular weight is 417 g/mol. The number of nitrogens with zero attached hydrogens (tertiary/aromatic N) is 1. The van der Waals surface area contributed by atoms with Crippen LogP contribution in [0.3, 0.4) is 0 Å². The van der Waals surface area contributed by atoms with Crippen molar-refractivity contribution in [1.82, 2.24) is 9.97 Å². The summed E-state index contributed by atoms with van der Waals surface area (Å²) in [5.74, 6) is -0.952. The lowest BCUT2D eigenvalue weighted by Gasteiger charge is -2.16. The van der Waals surface area contributed by atoms with E-state index in [1.165, 1.54) is 11.3 Å². The first-order chi connectivity index (χ1) is 14.7. The minimum absolute atomic E-state index is 0.152. The van der Waals surface area contributed by atoms with Crippen molar-refractivity contribution >= 4 is 39.1 Å². The molecule has 4 rings (SSSR count). The number of benzene rings is 2. The van der Waals surface area contributed by atoms with E-state index in [4.69, 9.17) is 4.74 Å². The van der Waals surface area contributed by atoms with Gasteiger partial charge >= 0.3 is 5.97 Å². The Bertz CT molecular complexity index is 1200. The number of ether oxygens (including phenoxy) is 1. The van der Waals surface area contributed by atoms with Gasteiger partial charge in [0, 0.05) is 40.2 Å². The molecule has 4 aromatic rings. The van der Waals surface area contributed by atoms with Crippen LogP contribution >= 0.6 is 11.3 Å². The van der Waals surface area contributed by atoms with Gasteiger partial charge in [0.1, 0.15) is 0 Å². The van der Waals surface area contributed by atoms with Gasteiger partial charge in [-0.2, -0.15) is 0 Å². The normalized spacial score (nSPS) is 11.7. The van der Waals surface area contributed by atoms with E-state index in [0.717, 1.165) is 10.9 Å². The molecule has 0 aliphatic carbocycles. The number of rotatable bonds is 8. The number of hydrogen-bond donors (Lipinski definition) is 2. The molecular weight excluding hydrogens is 398 g/mol. The molecule has 2 N–H and O–H groups in total. The zero-order valence-corrected chi connectivity index (χ0v) is 16.8. The summed E-state index contributed by atoms with van der Waals surface area (Å²) in [6.45, 7) is 4.17. The van der Waals surface area contributed by atoms with Gasteiger partial charge < -0.3 is 15.0 Å². The summed E-state index contributed by atoms with van der Waals surface area (Å²) in [7, 11) is 0. The molecule has 150 valence electrons. The number of aromatic nitrogens is 2. The van der Waals surface area contributed by atoms with Gasteiger partial charge in [0.05, 0.1) is 0 Å². The lowest BCUT2D eigenvalue weighted by Crippen LogP contribution is -2.20. The van der Waals surface area contributed by atoms with Crippen LogP contribution in [0.2, 0.25) is 0 Å². The molecule has 0 fully saturated rings. The van der Waals surface area contributed by atoms with Crippen molar-refractivity contribution in [2.75, 3.05) is 11.9 Å². The fourth-order valence-corrected chi connectivity index (χ4v) is 3.78. The second kappa shape index (κ2) is 8.75. The number of carbonyl (C=O) groups excluding carboxylic acids is 2. The molecule has 1 atom stereocenters. The van der Waals surface area contributed by atoms with Crippen LogP contribution in [-0.2, 0) is 4.74 Å². The summed E-state index contributed by atoms with van der Waals surface area (Å²) in [6, 6.07) is 16.5. The van der Waals surface area contributed by atoms with Crippen LogP contribution in [-0.4, -0.2) is 28.3 Å². The maximum absolute atomic E-state index is 13.4. The Labute approximate surface area is 177 Å². The van der Waals surface area contributed by atoms with Crippen molar-refractivity contribution < 1.29 is 14.3 Å². The minimum Gasteiger partial charge on any atom is -0.444 e. The van der Waals surface area contributed by atoms with Crippen LogP contribution < -0.4 is 5.32 Å². The van der Waals surface area contributed by atoms with Crippen molar-refractivity contribution in [3.05, 3.63) is 95.6 Å². The van der Waals surface area contributed by atoms with E-state index in [2.05, 4.69) is 21.9 Å². The van der Waals surface area contributed by atoms with Crippen molar-refractivity contribution in [1.29, 1.82) is 0 Å². The molecule has 0 aliphatic rings. The molecule has 2 aromatic heterocycles. The van der Waals surface area contributed by atoms with Gasteiger partial charge in [-0.1, -0.05) is 54.6 Å². The Morgan fingerprint density at radius 2 is 1.93 bits per heavy atom. The van der Waals surface area contributed by atoms with E-state index in [9.17, 15) is 9.59 Å². The van der Waals surface area contributed by atoms with E-state index >= 15 is 0 Å². The number of esters is 1. The molecular formula is C23H19N3O3S. The molecule has 2 aromatic carbocycles. The number of carbonyl (C=O) groups is 2. The molecule has 6 nitrogen and oxygen atoms in total. The second-order valence-electron chi connectivity index (χ2n) is 6.52. The third-order valence-electron chi connectivity index (χ3n) is 4.53. The highest BCUT2D eigenvalue weighted by Crippen LogP contribution is 2.28. The van der Waals surface area contributed by atoms with E-state index in [1.807, 2.05) is 30.3 Å². The molecule has 2 heterocycles. The summed E-state index contributed by atoms with van der Waals surface area (Å²) in [5.41, 5.74) is 2.07. The van der Waals surface area contributed by atoms with Gasteiger partial charge in [-0.15, -0.1) is 17.9 Å². The van der Waals surface area contributed by atoms with Crippen molar-refractivity contribution in [3.8, 4) is 0 Å². The lowest BCUT2D eigenvalue weighted by molar-refractivity contribution is 0.0276. The lowest BCUT2D eigenvalue weighted by atomic mass is 9.99. The van der Waals surface area contributed by atoms with Crippen LogP contribution in [0.15, 0.2) is 78.8 Å². The summed E-state index contributed by atoms with van der Waals surface area (Å²) >= 11 is 1.29. The molecule has 30 heavy (non-hydrogen) atoms. The Hall–Kier alpha value is -3.71. The summed E-state index contributed by atoms with van der Waals surface area (Å²) in [6.07, 6.45) is 2.27. The third kappa shape index (κ3) is 4.01. The maximum atomic E-state index is 13.4. The highest BCUT2D eigenvalue weighted by Gasteiger charge is 2.29. The third-order valence-corrected chi connectivity index (χ3v) is 5.33. The van der Waals surface area contributed by atoms with Gasteiger partial charge in [0.25, 0.3) is 0 Å². The van der Waals surface area contributed by atoms with Gasteiger partial charge in [-0.25, -0.2) is 9.78 Å². The predicted molar refractivity (Wildman–Crippen MR) is 118 cm³/mol. The molecule has 0 saturated carbocycles. The Kier molecular flexibility index (Phi) is 5.72. The molecule has 0 spiro atoms. The van der Waals surface area contributed by atoms with Gasteiger partial charge in [-0.3, -0.25) is 4.79 Å². The van der Waals surface area contributed by atoms with Gasteiger partial charge in [-0.05, 0) is 6.07 Å². The Balaban J connectivity index is 1.64. The second-order valence-corrected chi connectivity index (χ2v) is 7.37. The summed E-state index contributed by atoms with van der Waals surface area (Å²) in [5, 5.41) is 6.00. The number of thiazole rings is 1. The van der Waals surface area contributed by atoms with Gasteiger partial charge in [0.2, 0.25) is 5.78 Å². The molecule has 0 saturated heterocycles. The zero-order valence-electron chi connectivity index (χ0n) is 16.0. The average Bonchev–Trinajstić information content (AvgIpc) is 3.43. The number of fused-ring (bicyclic) bond motifs is 1. The van der Waals surface area contributed by atoms with Crippen LogP contribution in [0, 0.1) is 0 Å². The number of aromatic amines is 1. The summed E-state index contributed by atoms with van der Waals surface area (Å²) in [4.78, 5) is 33.5. The van der Waals surface area contributed by atoms with Crippen LogP contribution in [0.25, 0.3) is 10.9 Å². The number of Topliss-reactive ketones (excluding diaryl/α,β-unsaturated/α-hetero) is 1. The van der Waals surface area contributed by atoms with Crippen molar-refractivity contribution in [2.24, 2.45) is 0 Å². The quantitative estimate of drug-likeness (QED) is 0.239. The van der Waals surface area contributed by atoms with E-state index in [-0.39, 0.29) is 11.5 Å². The van der Waals surface area contributed by atoms with Crippen molar-refractivity contribution in [2.45, 2.75) is 6.10 Å². The predicted octanol–water partition coefficient (Wildman–Crippen LogP) is 5.00. The Morgan fingerprint density at radius 3 is 2.73 bits per heavy atom. The molecule has 0 bridgehead atoms. The molecule has 0 aliphatic heterocycles. The first-order valence-electron chi connectivity index (χ1n) is 9.34. The standard InChI is InChI=1S/C23H19N3O3S/c1-2-12-24-23-26-19(14-30-23)22(28)29-21(15-8-4-3-5-9-15)20(27)17-13-25-18-11-7-6-10-16(17)18/h2-11,13-14,21,25H,1,12H2,(H,24,26)/t21-/m0/s1. The topological polar surface area (TPSA) is 84.1 Å². The zero-order chi connectivity index (χ0) is 20.9. The fourth-order valence-electron chi connectivity index (χ4n) is 3.09. The van der Waals surface area contributed by atoms with E-state index < -0.39 is 12.1 Å². The monoisotopic (exact) mass is 417 g/mol. The van der Waals surface area contributed by atoms with E-state index in [1.54, 1.807) is 41.9 Å². The first kappa shape index (κ1) is 19.6. The van der Waals surface area contributed by atoms with Crippen molar-refractivity contribution in [3.63, 3.8) is 0 Å². The number of para-hydroxylation sites is 1. The largest absolute Gasteiger partial charge is 0.444 e. The maximum Gasteiger partial charge on any atom is 0.358 e. The summed E-state index contributed by atoms with van der Waals surface area (Å²) < 4.78 is 5.67. The number of nitrogens with one attached hydrogen (secondary N) is 2. The molecule has 0 radical (unpaired) electrons. The SMILES string of the molecule is C=CCNc1nc(C(=O)O[C@H](C(=O)c2c[nH]c3ccccc23)c2ccccc2)cs1.